The van der Waals surface area contributed by atoms with Gasteiger partial charge in [-0.2, -0.15) is 0 Å². The minimum atomic E-state index is -0.0556. The summed E-state index contributed by atoms with van der Waals surface area (Å²) in [7, 11) is 1.68. The van der Waals surface area contributed by atoms with Crippen molar-refractivity contribution in [1.82, 2.24) is 9.88 Å². The van der Waals surface area contributed by atoms with E-state index in [0.717, 1.165) is 24.0 Å². The van der Waals surface area contributed by atoms with Crippen molar-refractivity contribution >= 4 is 27.7 Å². The second-order valence-electron chi connectivity index (χ2n) is 4.45. The van der Waals surface area contributed by atoms with Crippen molar-refractivity contribution in [3.05, 3.63) is 22.3 Å². The van der Waals surface area contributed by atoms with E-state index in [0.29, 0.717) is 18.1 Å². The lowest BCUT2D eigenvalue weighted by molar-refractivity contribution is 0.0776. The summed E-state index contributed by atoms with van der Waals surface area (Å²) in [6.07, 6.45) is 2.56. The lowest BCUT2D eigenvalue weighted by atomic mass is 10.1. The predicted molar refractivity (Wildman–Crippen MR) is 72.2 cm³/mol. The quantitative estimate of drug-likeness (QED) is 0.919. The minimum Gasteiger partial charge on any atom is -0.384 e. The maximum Gasteiger partial charge on any atom is 0.257 e. The molecule has 2 N–H and O–H groups in total. The van der Waals surface area contributed by atoms with Gasteiger partial charge < -0.3 is 15.4 Å². The Balaban J connectivity index is 2.10. The number of rotatable bonds is 3. The summed E-state index contributed by atoms with van der Waals surface area (Å²) >= 11 is 3.30. The molecule has 1 aliphatic heterocycles. The van der Waals surface area contributed by atoms with Crippen LogP contribution in [0.5, 0.6) is 0 Å². The molecule has 0 aliphatic carbocycles. The number of nitrogens with two attached hydrogens (primary N) is 1. The standard InChI is InChI=1S/C12H16BrN3O2/c1-18-7-8-2-3-16(6-8)12(17)10-4-9(13)5-15-11(10)14/h4-5,8H,2-3,6-7H2,1H3,(H2,14,15). The number of amides is 1. The first-order valence-corrected chi connectivity index (χ1v) is 6.60. The molecule has 1 saturated heterocycles. The van der Waals surface area contributed by atoms with Crippen molar-refractivity contribution in [2.45, 2.75) is 6.42 Å². The number of pyridine rings is 1. The van der Waals surface area contributed by atoms with E-state index in [-0.39, 0.29) is 11.7 Å². The van der Waals surface area contributed by atoms with Gasteiger partial charge in [0.05, 0.1) is 12.2 Å². The first-order valence-electron chi connectivity index (χ1n) is 5.81. The number of halogens is 1. The molecule has 1 aliphatic rings. The number of hydrogen-bond donors (Lipinski definition) is 1. The van der Waals surface area contributed by atoms with E-state index >= 15 is 0 Å². The van der Waals surface area contributed by atoms with Crippen LogP contribution in [0.15, 0.2) is 16.7 Å². The summed E-state index contributed by atoms with van der Waals surface area (Å²) < 4.78 is 5.88. The van der Waals surface area contributed by atoms with Gasteiger partial charge in [0.15, 0.2) is 0 Å². The molecule has 1 fully saturated rings. The molecule has 1 unspecified atom stereocenters. The van der Waals surface area contributed by atoms with Gasteiger partial charge in [-0.3, -0.25) is 4.79 Å². The number of nitrogens with zero attached hydrogens (tertiary/aromatic N) is 2. The third kappa shape index (κ3) is 2.81. The number of methoxy groups -OCH3 is 1. The fraction of sp³-hybridized carbons (Fsp3) is 0.500. The zero-order valence-electron chi connectivity index (χ0n) is 10.2. The Morgan fingerprint density at radius 2 is 2.50 bits per heavy atom. The monoisotopic (exact) mass is 313 g/mol. The van der Waals surface area contributed by atoms with Crippen LogP contribution in [-0.2, 0) is 4.74 Å². The highest BCUT2D eigenvalue weighted by Crippen LogP contribution is 2.22. The summed E-state index contributed by atoms with van der Waals surface area (Å²) in [5.74, 6) is 0.638. The lowest BCUT2D eigenvalue weighted by Gasteiger charge is -2.17. The zero-order chi connectivity index (χ0) is 13.1. The largest absolute Gasteiger partial charge is 0.384 e. The highest BCUT2D eigenvalue weighted by molar-refractivity contribution is 9.10. The Bertz CT molecular complexity index is 453. The first kappa shape index (κ1) is 13.3. The van der Waals surface area contributed by atoms with Gasteiger partial charge in [-0.15, -0.1) is 0 Å². The highest BCUT2D eigenvalue weighted by Gasteiger charge is 2.28. The molecule has 98 valence electrons. The maximum atomic E-state index is 12.3. The smallest absolute Gasteiger partial charge is 0.257 e. The lowest BCUT2D eigenvalue weighted by Crippen LogP contribution is -2.30. The summed E-state index contributed by atoms with van der Waals surface area (Å²) in [6, 6.07) is 1.72. The molecule has 0 bridgehead atoms. The Labute approximate surface area is 114 Å². The number of carbonyl (C=O) groups is 1. The molecule has 0 spiro atoms. The van der Waals surface area contributed by atoms with Crippen molar-refractivity contribution in [3.8, 4) is 0 Å². The van der Waals surface area contributed by atoms with Crippen molar-refractivity contribution in [2.75, 3.05) is 32.5 Å². The predicted octanol–water partition coefficient (Wildman–Crippen LogP) is 1.53. The molecule has 0 radical (unpaired) electrons. The van der Waals surface area contributed by atoms with Gasteiger partial charge in [0.25, 0.3) is 5.91 Å². The fourth-order valence-corrected chi connectivity index (χ4v) is 2.51. The van der Waals surface area contributed by atoms with Gasteiger partial charge in [-0.1, -0.05) is 0 Å². The van der Waals surface area contributed by atoms with Gasteiger partial charge >= 0.3 is 0 Å². The molecular formula is C12H16BrN3O2. The van der Waals surface area contributed by atoms with E-state index in [9.17, 15) is 4.79 Å². The van der Waals surface area contributed by atoms with Crippen LogP contribution in [0, 0.1) is 5.92 Å². The van der Waals surface area contributed by atoms with Crippen molar-refractivity contribution < 1.29 is 9.53 Å². The Hall–Kier alpha value is -1.14. The van der Waals surface area contributed by atoms with Gasteiger partial charge in [0.2, 0.25) is 0 Å². The fourth-order valence-electron chi connectivity index (χ4n) is 2.18. The van der Waals surface area contributed by atoms with Crippen LogP contribution in [0.2, 0.25) is 0 Å². The average Bonchev–Trinajstić information content (AvgIpc) is 2.80. The van der Waals surface area contributed by atoms with Gasteiger partial charge in [-0.25, -0.2) is 4.98 Å². The van der Waals surface area contributed by atoms with Crippen LogP contribution in [0.25, 0.3) is 0 Å². The number of hydrogen-bond acceptors (Lipinski definition) is 4. The second kappa shape index (κ2) is 5.67. The van der Waals surface area contributed by atoms with Crippen molar-refractivity contribution in [2.24, 2.45) is 5.92 Å². The molecule has 6 heteroatoms. The molecule has 5 nitrogen and oxygen atoms in total. The molecule has 1 amide bonds. The molecule has 2 heterocycles. The van der Waals surface area contributed by atoms with E-state index < -0.39 is 0 Å². The van der Waals surface area contributed by atoms with E-state index in [1.807, 2.05) is 4.90 Å². The first-order chi connectivity index (χ1) is 8.61. The summed E-state index contributed by atoms with van der Waals surface area (Å²) in [5, 5.41) is 0. The van der Waals surface area contributed by atoms with E-state index in [1.54, 1.807) is 19.4 Å². The highest BCUT2D eigenvalue weighted by atomic mass is 79.9. The molecule has 1 aromatic heterocycles. The summed E-state index contributed by atoms with van der Waals surface area (Å²) in [6.45, 7) is 2.16. The minimum absolute atomic E-state index is 0.0556. The van der Waals surface area contributed by atoms with Crippen LogP contribution in [-0.4, -0.2) is 42.6 Å². The topological polar surface area (TPSA) is 68.5 Å². The number of ether oxygens (including phenoxy) is 1. The average molecular weight is 314 g/mol. The third-order valence-electron chi connectivity index (χ3n) is 3.09. The summed E-state index contributed by atoms with van der Waals surface area (Å²) in [5.41, 5.74) is 6.21. The van der Waals surface area contributed by atoms with E-state index in [2.05, 4.69) is 20.9 Å². The molecule has 0 saturated carbocycles. The van der Waals surface area contributed by atoms with Gasteiger partial charge in [-0.05, 0) is 28.4 Å². The number of aromatic nitrogens is 1. The third-order valence-corrected chi connectivity index (χ3v) is 3.52. The van der Waals surface area contributed by atoms with E-state index in [4.69, 9.17) is 10.5 Å². The van der Waals surface area contributed by atoms with Crippen LogP contribution < -0.4 is 5.73 Å². The number of nitrogen functional groups attached to an aromatic ring is 1. The number of likely N-dealkylation sites (tertiary alicyclic amines) is 1. The second-order valence-corrected chi connectivity index (χ2v) is 5.36. The van der Waals surface area contributed by atoms with Crippen LogP contribution in [0.3, 0.4) is 0 Å². The molecule has 18 heavy (non-hydrogen) atoms. The Morgan fingerprint density at radius 3 is 3.22 bits per heavy atom. The Kier molecular flexibility index (Phi) is 4.19. The number of carbonyl (C=O) groups excluding carboxylic acids is 1. The number of anilines is 1. The Morgan fingerprint density at radius 1 is 1.72 bits per heavy atom. The molecular weight excluding hydrogens is 298 g/mol. The van der Waals surface area contributed by atoms with Gasteiger partial charge in [0.1, 0.15) is 5.82 Å². The zero-order valence-corrected chi connectivity index (χ0v) is 11.8. The maximum absolute atomic E-state index is 12.3. The van der Waals surface area contributed by atoms with Crippen LogP contribution >= 0.6 is 15.9 Å². The van der Waals surface area contributed by atoms with Crippen LogP contribution in [0.1, 0.15) is 16.8 Å². The van der Waals surface area contributed by atoms with Crippen LogP contribution in [0.4, 0.5) is 5.82 Å². The van der Waals surface area contributed by atoms with Crippen molar-refractivity contribution in [1.29, 1.82) is 0 Å². The molecule has 1 atom stereocenters. The molecule has 2 rings (SSSR count). The molecule has 0 aromatic carbocycles. The normalized spacial score (nSPS) is 19.2. The van der Waals surface area contributed by atoms with E-state index in [1.165, 1.54) is 0 Å². The molecule has 1 aromatic rings. The SMILES string of the molecule is COCC1CCN(C(=O)c2cc(Br)cnc2N)C1. The van der Waals surface area contributed by atoms with Crippen molar-refractivity contribution in [3.63, 3.8) is 0 Å². The van der Waals surface area contributed by atoms with Gasteiger partial charge in [0, 0.05) is 36.8 Å². The summed E-state index contributed by atoms with van der Waals surface area (Å²) in [4.78, 5) is 18.1.